The molecular weight excluding hydrogens is 399 g/mol. The van der Waals surface area contributed by atoms with Gasteiger partial charge < -0.3 is 10.6 Å². The van der Waals surface area contributed by atoms with Crippen molar-refractivity contribution in [3.8, 4) is 0 Å². The van der Waals surface area contributed by atoms with Gasteiger partial charge in [-0.3, -0.25) is 4.68 Å². The number of hydrogen-bond acceptors (Lipinski definition) is 2. The Kier molecular flexibility index (Phi) is 5.81. The summed E-state index contributed by atoms with van der Waals surface area (Å²) in [5, 5.41) is 12.4. The fourth-order valence-corrected chi connectivity index (χ4v) is 3.13. The molecule has 3 aromatic rings. The van der Waals surface area contributed by atoms with E-state index in [0.717, 1.165) is 11.3 Å². The van der Waals surface area contributed by atoms with E-state index in [1.54, 1.807) is 29.1 Å². The van der Waals surface area contributed by atoms with Gasteiger partial charge in [0, 0.05) is 27.5 Å². The van der Waals surface area contributed by atoms with Crippen LogP contribution in [0.25, 0.3) is 0 Å². The van der Waals surface area contributed by atoms with E-state index in [9.17, 15) is 0 Å². The second-order valence-electron chi connectivity index (χ2n) is 5.17. The van der Waals surface area contributed by atoms with Crippen LogP contribution in [0, 0.1) is 0 Å². The molecule has 0 bridgehead atoms. The number of nitrogens with one attached hydrogen (secondary N) is 2. The van der Waals surface area contributed by atoms with Crippen molar-refractivity contribution in [3.05, 3.63) is 75.4 Å². The number of benzene rings is 2. The minimum absolute atomic E-state index is 0.397. The van der Waals surface area contributed by atoms with Crippen LogP contribution in [-0.2, 0) is 6.54 Å². The van der Waals surface area contributed by atoms with E-state index in [1.807, 2.05) is 30.3 Å². The molecule has 0 spiro atoms. The van der Waals surface area contributed by atoms with Crippen molar-refractivity contribution in [2.45, 2.75) is 6.54 Å². The first-order valence-electron chi connectivity index (χ1n) is 7.32. The van der Waals surface area contributed by atoms with Gasteiger partial charge in [0.25, 0.3) is 0 Å². The smallest absolute Gasteiger partial charge is 0.176 e. The molecule has 3 rings (SSSR count). The fourth-order valence-electron chi connectivity index (χ4n) is 2.20. The summed E-state index contributed by atoms with van der Waals surface area (Å²) in [6, 6.07) is 14.9. The first kappa shape index (κ1) is 18.0. The van der Waals surface area contributed by atoms with Gasteiger partial charge in [-0.25, -0.2) is 0 Å². The molecule has 0 aliphatic rings. The van der Waals surface area contributed by atoms with Crippen molar-refractivity contribution in [2.75, 3.05) is 10.6 Å². The second kappa shape index (κ2) is 8.06. The van der Waals surface area contributed by atoms with Crippen LogP contribution in [0.15, 0.2) is 54.7 Å². The zero-order valence-corrected chi connectivity index (χ0v) is 15.9. The standard InChI is InChI=1S/C17H13Cl3N4S/c18-13-7-4-8-14(19)12(13)9-24-10-15(20)16(23-24)22-17(25)21-11-5-2-1-3-6-11/h1-8,10H,9H2,(H2,21,22,23,25). The van der Waals surface area contributed by atoms with Gasteiger partial charge >= 0.3 is 0 Å². The number of aromatic nitrogens is 2. The fraction of sp³-hybridized carbons (Fsp3) is 0.0588. The summed E-state index contributed by atoms with van der Waals surface area (Å²) in [5.41, 5.74) is 1.65. The molecule has 1 heterocycles. The van der Waals surface area contributed by atoms with Crippen molar-refractivity contribution in [1.82, 2.24) is 9.78 Å². The van der Waals surface area contributed by atoms with Crippen molar-refractivity contribution in [2.24, 2.45) is 0 Å². The zero-order chi connectivity index (χ0) is 17.8. The summed E-state index contributed by atoms with van der Waals surface area (Å²) in [4.78, 5) is 0. The zero-order valence-electron chi connectivity index (χ0n) is 12.8. The van der Waals surface area contributed by atoms with Gasteiger partial charge in [0.1, 0.15) is 5.02 Å². The third-order valence-corrected chi connectivity index (χ3v) is 4.55. The molecule has 0 fully saturated rings. The molecule has 0 saturated carbocycles. The lowest BCUT2D eigenvalue weighted by Crippen LogP contribution is -2.19. The van der Waals surface area contributed by atoms with Gasteiger partial charge in [0.2, 0.25) is 0 Å². The van der Waals surface area contributed by atoms with E-state index in [-0.39, 0.29) is 0 Å². The topological polar surface area (TPSA) is 41.9 Å². The Morgan fingerprint density at radius 1 is 0.920 bits per heavy atom. The van der Waals surface area contributed by atoms with E-state index in [4.69, 9.17) is 47.0 Å². The minimum atomic E-state index is 0.397. The summed E-state index contributed by atoms with van der Waals surface area (Å²) >= 11 is 23.9. The maximum Gasteiger partial charge on any atom is 0.176 e. The van der Waals surface area contributed by atoms with Gasteiger partial charge in [0.05, 0.1) is 6.54 Å². The Hall–Kier alpha value is -1.79. The molecule has 0 aliphatic carbocycles. The third-order valence-electron chi connectivity index (χ3n) is 3.36. The molecule has 0 unspecified atom stereocenters. The Morgan fingerprint density at radius 3 is 2.28 bits per heavy atom. The molecule has 128 valence electrons. The lowest BCUT2D eigenvalue weighted by molar-refractivity contribution is 0.690. The largest absolute Gasteiger partial charge is 0.332 e. The van der Waals surface area contributed by atoms with Crippen LogP contribution < -0.4 is 10.6 Å². The number of nitrogens with zero attached hydrogens (tertiary/aromatic N) is 2. The average Bonchev–Trinajstić information content (AvgIpc) is 2.91. The molecule has 1 aromatic heterocycles. The molecule has 0 aliphatic heterocycles. The van der Waals surface area contributed by atoms with Crippen molar-refractivity contribution >= 4 is 63.6 Å². The van der Waals surface area contributed by atoms with Gasteiger partial charge in [0.15, 0.2) is 10.9 Å². The lowest BCUT2D eigenvalue weighted by Gasteiger charge is -2.09. The molecule has 0 amide bonds. The number of halogens is 3. The Labute approximate surface area is 165 Å². The number of para-hydroxylation sites is 1. The highest BCUT2D eigenvalue weighted by molar-refractivity contribution is 7.80. The molecule has 25 heavy (non-hydrogen) atoms. The maximum absolute atomic E-state index is 6.24. The summed E-state index contributed by atoms with van der Waals surface area (Å²) in [6.07, 6.45) is 1.69. The Bertz CT molecular complexity index is 876. The summed E-state index contributed by atoms with van der Waals surface area (Å²) < 4.78 is 1.66. The van der Waals surface area contributed by atoms with Crippen LogP contribution in [0.5, 0.6) is 0 Å². The Morgan fingerprint density at radius 2 is 1.60 bits per heavy atom. The van der Waals surface area contributed by atoms with Gasteiger partial charge in [-0.15, -0.1) is 0 Å². The number of thiocarbonyl (C=S) groups is 1. The van der Waals surface area contributed by atoms with Crippen molar-refractivity contribution < 1.29 is 0 Å². The quantitative estimate of drug-likeness (QED) is 0.540. The lowest BCUT2D eigenvalue weighted by atomic mass is 10.2. The monoisotopic (exact) mass is 410 g/mol. The van der Waals surface area contributed by atoms with Crippen molar-refractivity contribution in [3.63, 3.8) is 0 Å². The normalized spacial score (nSPS) is 10.5. The highest BCUT2D eigenvalue weighted by Crippen LogP contribution is 2.27. The average molecular weight is 412 g/mol. The van der Waals surface area contributed by atoms with Crippen LogP contribution in [0.4, 0.5) is 11.5 Å². The third kappa shape index (κ3) is 4.64. The van der Waals surface area contributed by atoms with E-state index in [2.05, 4.69) is 15.7 Å². The first-order valence-corrected chi connectivity index (χ1v) is 8.86. The summed E-state index contributed by atoms with van der Waals surface area (Å²) in [6.45, 7) is 0.402. The minimum Gasteiger partial charge on any atom is -0.332 e. The second-order valence-corrected chi connectivity index (χ2v) is 6.80. The SMILES string of the molecule is S=C(Nc1ccccc1)Nc1nn(Cc2c(Cl)cccc2Cl)cc1Cl. The molecule has 0 saturated heterocycles. The summed E-state index contributed by atoms with van der Waals surface area (Å²) in [7, 11) is 0. The van der Waals surface area contributed by atoms with E-state index in [1.165, 1.54) is 0 Å². The Balaban J connectivity index is 1.71. The molecule has 4 nitrogen and oxygen atoms in total. The number of hydrogen-bond donors (Lipinski definition) is 2. The van der Waals surface area contributed by atoms with E-state index in [0.29, 0.717) is 32.5 Å². The predicted octanol–water partition coefficient (Wildman–Crippen LogP) is 5.70. The van der Waals surface area contributed by atoms with E-state index >= 15 is 0 Å². The first-order chi connectivity index (χ1) is 12.0. The highest BCUT2D eigenvalue weighted by atomic mass is 35.5. The molecule has 2 aromatic carbocycles. The van der Waals surface area contributed by atoms with Crippen LogP contribution in [0.3, 0.4) is 0 Å². The van der Waals surface area contributed by atoms with Crippen molar-refractivity contribution in [1.29, 1.82) is 0 Å². The molecular formula is C17H13Cl3N4S. The van der Waals surface area contributed by atoms with Crippen LogP contribution in [-0.4, -0.2) is 14.9 Å². The van der Waals surface area contributed by atoms with Gasteiger partial charge in [-0.2, -0.15) is 5.10 Å². The van der Waals surface area contributed by atoms with Crippen LogP contribution in [0.2, 0.25) is 15.1 Å². The molecule has 8 heteroatoms. The number of rotatable bonds is 4. The highest BCUT2D eigenvalue weighted by Gasteiger charge is 2.12. The van der Waals surface area contributed by atoms with E-state index < -0.39 is 0 Å². The summed E-state index contributed by atoms with van der Waals surface area (Å²) in [5.74, 6) is 0.457. The molecule has 0 radical (unpaired) electrons. The predicted molar refractivity (Wildman–Crippen MR) is 109 cm³/mol. The molecule has 0 atom stereocenters. The maximum atomic E-state index is 6.24. The van der Waals surface area contributed by atoms with Gasteiger partial charge in [-0.05, 0) is 36.5 Å². The molecule has 2 N–H and O–H groups in total. The van der Waals surface area contributed by atoms with Gasteiger partial charge in [-0.1, -0.05) is 59.1 Å². The number of anilines is 2. The van der Waals surface area contributed by atoms with Crippen LogP contribution in [0.1, 0.15) is 5.56 Å². The van der Waals surface area contributed by atoms with Crippen LogP contribution >= 0.6 is 47.0 Å².